The van der Waals surface area contributed by atoms with E-state index in [1.807, 2.05) is 0 Å². The van der Waals surface area contributed by atoms with Gasteiger partial charge in [0.1, 0.15) is 12.4 Å². The van der Waals surface area contributed by atoms with Gasteiger partial charge in [0, 0.05) is 17.2 Å². The van der Waals surface area contributed by atoms with Crippen LogP contribution >= 0.6 is 8.25 Å². The summed E-state index contributed by atoms with van der Waals surface area (Å²) in [6.07, 6.45) is 2.20. The van der Waals surface area contributed by atoms with Crippen LogP contribution in [0.25, 0.3) is 0 Å². The number of hydrogen-bond acceptors (Lipinski definition) is 5. The second-order valence-electron chi connectivity index (χ2n) is 3.07. The predicted molar refractivity (Wildman–Crippen MR) is 55.5 cm³/mol. The van der Waals surface area contributed by atoms with Crippen LogP contribution in [-0.4, -0.2) is 27.9 Å². The molecular weight excluding hydrogens is 233 g/mol. The van der Waals surface area contributed by atoms with E-state index in [0.29, 0.717) is 17.5 Å². The van der Waals surface area contributed by atoms with E-state index in [1.165, 1.54) is 6.20 Å². The molecule has 1 unspecified atom stereocenters. The molecule has 0 saturated heterocycles. The second-order valence-corrected chi connectivity index (χ2v) is 3.80. The molecule has 1 rings (SSSR count). The molecular formula is C9H11NO5P+. The Morgan fingerprint density at radius 1 is 1.62 bits per heavy atom. The first-order chi connectivity index (χ1) is 7.56. The van der Waals surface area contributed by atoms with Gasteiger partial charge in [-0.05, 0) is 12.5 Å². The Balaban J connectivity index is 2.84. The average molecular weight is 244 g/mol. The highest BCUT2D eigenvalue weighted by molar-refractivity contribution is 7.32. The molecule has 0 amide bonds. The Morgan fingerprint density at radius 3 is 2.88 bits per heavy atom. The van der Waals surface area contributed by atoms with Gasteiger partial charge in [0.2, 0.25) is 0 Å². The highest BCUT2D eigenvalue weighted by atomic mass is 31.1. The molecule has 6 nitrogen and oxygen atoms in total. The van der Waals surface area contributed by atoms with Crippen molar-refractivity contribution in [3.8, 4) is 5.75 Å². The minimum Gasteiger partial charge on any atom is -0.505 e. The van der Waals surface area contributed by atoms with Crippen molar-refractivity contribution in [3.05, 3.63) is 23.0 Å². The van der Waals surface area contributed by atoms with Gasteiger partial charge in [-0.3, -0.25) is 9.78 Å². The summed E-state index contributed by atoms with van der Waals surface area (Å²) in [6.45, 7) is 1.56. The van der Waals surface area contributed by atoms with Crippen LogP contribution in [0.15, 0.2) is 6.20 Å². The summed E-state index contributed by atoms with van der Waals surface area (Å²) in [5.41, 5.74) is 0.985. The maximum absolute atomic E-state index is 10.8. The van der Waals surface area contributed by atoms with Gasteiger partial charge in [-0.25, -0.2) is 0 Å². The molecule has 2 N–H and O–H groups in total. The second kappa shape index (κ2) is 5.65. The first-order valence-corrected chi connectivity index (χ1v) is 5.61. The van der Waals surface area contributed by atoms with Gasteiger partial charge in [0.25, 0.3) is 0 Å². The number of aryl methyl sites for hydroxylation is 1. The zero-order valence-corrected chi connectivity index (χ0v) is 9.48. The molecule has 16 heavy (non-hydrogen) atoms. The number of aromatic nitrogens is 1. The van der Waals surface area contributed by atoms with Crippen molar-refractivity contribution in [1.82, 2.24) is 4.98 Å². The van der Waals surface area contributed by atoms with Crippen molar-refractivity contribution in [2.45, 2.75) is 13.3 Å². The lowest BCUT2D eigenvalue weighted by Crippen LogP contribution is -2.01. The van der Waals surface area contributed by atoms with E-state index in [0.717, 1.165) is 0 Å². The van der Waals surface area contributed by atoms with E-state index in [-0.39, 0.29) is 24.3 Å². The largest absolute Gasteiger partial charge is 0.694 e. The van der Waals surface area contributed by atoms with E-state index >= 15 is 0 Å². The summed E-state index contributed by atoms with van der Waals surface area (Å²) < 4.78 is 14.7. The maximum atomic E-state index is 10.8. The van der Waals surface area contributed by atoms with Crippen molar-refractivity contribution in [1.29, 1.82) is 0 Å². The van der Waals surface area contributed by atoms with Gasteiger partial charge < -0.3 is 5.11 Å². The fourth-order valence-corrected chi connectivity index (χ4v) is 1.46. The Kier molecular flexibility index (Phi) is 4.49. The summed E-state index contributed by atoms with van der Waals surface area (Å²) in [5, 5.41) is 9.55. The summed E-state index contributed by atoms with van der Waals surface area (Å²) >= 11 is 0. The summed E-state index contributed by atoms with van der Waals surface area (Å²) in [4.78, 5) is 23.1. The third kappa shape index (κ3) is 3.06. The molecule has 0 aromatic carbocycles. The van der Waals surface area contributed by atoms with Crippen molar-refractivity contribution in [2.75, 3.05) is 6.61 Å². The van der Waals surface area contributed by atoms with Crippen molar-refractivity contribution in [3.63, 3.8) is 0 Å². The highest BCUT2D eigenvalue weighted by Gasteiger charge is 2.15. The number of aromatic hydroxyl groups is 1. The molecule has 0 fully saturated rings. The van der Waals surface area contributed by atoms with Crippen LogP contribution in [0.4, 0.5) is 0 Å². The van der Waals surface area contributed by atoms with Crippen LogP contribution in [-0.2, 0) is 15.5 Å². The first-order valence-electron chi connectivity index (χ1n) is 4.48. The SMILES string of the molecule is Cc1ncc(CCO[P+](=O)O)c(C=O)c1O. The van der Waals surface area contributed by atoms with E-state index in [4.69, 9.17) is 4.89 Å². The van der Waals surface area contributed by atoms with Crippen molar-refractivity contribution in [2.24, 2.45) is 0 Å². The molecule has 0 radical (unpaired) electrons. The van der Waals surface area contributed by atoms with Crippen LogP contribution in [0.5, 0.6) is 5.75 Å². The molecule has 1 atom stereocenters. The summed E-state index contributed by atoms with van der Waals surface area (Å²) in [5.74, 6) is -0.166. The molecule has 0 spiro atoms. The zero-order chi connectivity index (χ0) is 12.1. The quantitative estimate of drug-likeness (QED) is 0.595. The number of carbonyl (C=O) groups is 1. The number of hydrogen-bond donors (Lipinski definition) is 2. The lowest BCUT2D eigenvalue weighted by molar-refractivity contribution is 0.111. The molecule has 0 aliphatic carbocycles. The Hall–Kier alpha value is -1.36. The third-order valence-electron chi connectivity index (χ3n) is 2.05. The molecule has 1 heterocycles. The minimum atomic E-state index is -2.65. The monoisotopic (exact) mass is 244 g/mol. The topological polar surface area (TPSA) is 96.7 Å². The molecule has 1 aromatic rings. The minimum absolute atomic E-state index is 0.0171. The predicted octanol–water partition coefficient (Wildman–Crippen LogP) is 1.12. The van der Waals surface area contributed by atoms with Gasteiger partial charge in [0.05, 0.1) is 11.3 Å². The molecule has 0 saturated carbocycles. The number of aldehydes is 1. The molecule has 1 aromatic heterocycles. The summed E-state index contributed by atoms with van der Waals surface area (Å²) in [6, 6.07) is 0. The Bertz CT molecular complexity index is 421. The third-order valence-corrected chi connectivity index (χ3v) is 2.45. The van der Waals surface area contributed by atoms with Crippen LogP contribution in [0.2, 0.25) is 0 Å². The fraction of sp³-hybridized carbons (Fsp3) is 0.333. The van der Waals surface area contributed by atoms with Crippen LogP contribution in [0.1, 0.15) is 21.6 Å². The Morgan fingerprint density at radius 2 is 2.31 bits per heavy atom. The van der Waals surface area contributed by atoms with Crippen molar-refractivity contribution < 1.29 is 23.9 Å². The van der Waals surface area contributed by atoms with E-state index in [9.17, 15) is 14.5 Å². The number of carbonyl (C=O) groups excluding carboxylic acids is 1. The molecule has 0 bridgehead atoms. The zero-order valence-electron chi connectivity index (χ0n) is 8.58. The lowest BCUT2D eigenvalue weighted by Gasteiger charge is -2.06. The Labute approximate surface area is 92.9 Å². The number of rotatable bonds is 5. The van der Waals surface area contributed by atoms with Gasteiger partial charge in [-0.15, -0.1) is 9.42 Å². The van der Waals surface area contributed by atoms with Gasteiger partial charge in [0.15, 0.2) is 6.29 Å². The van der Waals surface area contributed by atoms with E-state index < -0.39 is 8.25 Å². The molecule has 86 valence electrons. The van der Waals surface area contributed by atoms with Crippen molar-refractivity contribution >= 4 is 14.5 Å². The fourth-order valence-electron chi connectivity index (χ4n) is 1.22. The van der Waals surface area contributed by atoms with Crippen LogP contribution in [0, 0.1) is 6.92 Å². The van der Waals surface area contributed by atoms with Gasteiger partial charge >= 0.3 is 8.25 Å². The summed E-state index contributed by atoms with van der Waals surface area (Å²) in [7, 11) is -2.65. The number of nitrogens with zero attached hydrogens (tertiary/aromatic N) is 1. The molecule has 0 aliphatic heterocycles. The van der Waals surface area contributed by atoms with E-state index in [2.05, 4.69) is 9.51 Å². The van der Waals surface area contributed by atoms with Gasteiger partial charge in [-0.2, -0.15) is 0 Å². The molecule has 0 aliphatic rings. The highest BCUT2D eigenvalue weighted by Crippen LogP contribution is 2.23. The van der Waals surface area contributed by atoms with Crippen LogP contribution in [0.3, 0.4) is 0 Å². The first kappa shape index (κ1) is 12.7. The normalized spacial score (nSPS) is 11.2. The van der Waals surface area contributed by atoms with Crippen LogP contribution < -0.4 is 0 Å². The smallest absolute Gasteiger partial charge is 0.505 e. The number of pyridine rings is 1. The molecule has 7 heteroatoms. The van der Waals surface area contributed by atoms with E-state index in [1.54, 1.807) is 6.92 Å². The lowest BCUT2D eigenvalue weighted by atomic mass is 10.1. The standard InChI is InChI=1S/C9H10NO5P/c1-6-9(12)8(5-11)7(4-10-6)2-3-15-16(13)14/h4-5H,2-3H2,1H3,(H-,11,12,13,14)/p+1. The average Bonchev–Trinajstić information content (AvgIpc) is 2.23. The maximum Gasteiger partial charge on any atom is 0.694 e. The van der Waals surface area contributed by atoms with Gasteiger partial charge in [-0.1, -0.05) is 0 Å².